The molecule has 0 radical (unpaired) electrons. The number of aromatic nitrogens is 1. The molecule has 0 saturated carbocycles. The lowest BCUT2D eigenvalue weighted by atomic mass is 10.2. The Labute approximate surface area is 62.5 Å². The van der Waals surface area contributed by atoms with E-state index >= 15 is 0 Å². The molecule has 0 amide bonds. The minimum Gasteiger partial charge on any atom is -0.507 e. The van der Waals surface area contributed by atoms with Crippen molar-refractivity contribution in [3.8, 4) is 5.75 Å². The molecule has 1 aromatic rings. The fraction of sp³-hybridized carbons (Fsp3) is 0.143. The fourth-order valence-corrected chi connectivity index (χ4v) is 0.831. The molecular weight excluding hydrogens is 146 g/mol. The van der Waals surface area contributed by atoms with E-state index in [9.17, 15) is 9.59 Å². The van der Waals surface area contributed by atoms with Gasteiger partial charge in [0.25, 0.3) is 5.56 Å². The molecular formula is C7H7NO3. The Morgan fingerprint density at radius 3 is 2.73 bits per heavy atom. The van der Waals surface area contributed by atoms with Gasteiger partial charge in [0.15, 0.2) is 6.29 Å². The molecule has 1 rings (SSSR count). The summed E-state index contributed by atoms with van der Waals surface area (Å²) in [6.07, 6.45) is 0.501. The van der Waals surface area contributed by atoms with Crippen molar-refractivity contribution in [2.75, 3.05) is 0 Å². The van der Waals surface area contributed by atoms with Crippen molar-refractivity contribution in [2.24, 2.45) is 0 Å². The van der Waals surface area contributed by atoms with E-state index in [0.29, 0.717) is 12.0 Å². The second-order valence-electron chi connectivity index (χ2n) is 2.18. The Balaban J connectivity index is 3.48. The fourth-order valence-electron chi connectivity index (χ4n) is 0.831. The summed E-state index contributed by atoms with van der Waals surface area (Å²) < 4.78 is 0. The quantitative estimate of drug-likeness (QED) is 0.566. The van der Waals surface area contributed by atoms with Crippen LogP contribution in [0.1, 0.15) is 16.1 Å². The summed E-state index contributed by atoms with van der Waals surface area (Å²) in [4.78, 5) is 23.3. The molecule has 0 aliphatic heterocycles. The molecule has 11 heavy (non-hydrogen) atoms. The predicted octanol–water partition coefficient (Wildman–Crippen LogP) is 0.201. The summed E-state index contributed by atoms with van der Waals surface area (Å²) in [5.74, 6) is -0.277. The van der Waals surface area contributed by atoms with Gasteiger partial charge in [0.05, 0.1) is 5.56 Å². The molecule has 0 aliphatic rings. The SMILES string of the molecule is Cc1[nH]c(=O)cc(O)c1C=O. The van der Waals surface area contributed by atoms with Crippen molar-refractivity contribution >= 4 is 6.29 Å². The van der Waals surface area contributed by atoms with Gasteiger partial charge in [0.1, 0.15) is 5.75 Å². The smallest absolute Gasteiger partial charge is 0.251 e. The van der Waals surface area contributed by atoms with Crippen LogP contribution in [0, 0.1) is 6.92 Å². The van der Waals surface area contributed by atoms with Gasteiger partial charge in [-0.05, 0) is 6.92 Å². The Hall–Kier alpha value is -1.58. The third-order valence-corrected chi connectivity index (χ3v) is 1.38. The van der Waals surface area contributed by atoms with Crippen LogP contribution in [0.15, 0.2) is 10.9 Å². The van der Waals surface area contributed by atoms with Crippen LogP contribution in [0.2, 0.25) is 0 Å². The van der Waals surface area contributed by atoms with Crippen LogP contribution in [0.3, 0.4) is 0 Å². The lowest BCUT2D eigenvalue weighted by Gasteiger charge is -1.98. The van der Waals surface area contributed by atoms with Gasteiger partial charge in [-0.2, -0.15) is 0 Å². The van der Waals surface area contributed by atoms with Gasteiger partial charge in [-0.25, -0.2) is 0 Å². The molecule has 0 atom stereocenters. The number of carbonyl (C=O) groups excluding carboxylic acids is 1. The molecule has 0 aliphatic carbocycles. The highest BCUT2D eigenvalue weighted by atomic mass is 16.3. The first-order valence-electron chi connectivity index (χ1n) is 3.03. The van der Waals surface area contributed by atoms with E-state index in [1.165, 1.54) is 0 Å². The Morgan fingerprint density at radius 2 is 2.27 bits per heavy atom. The van der Waals surface area contributed by atoms with Crippen molar-refractivity contribution in [2.45, 2.75) is 6.92 Å². The lowest BCUT2D eigenvalue weighted by molar-refractivity contribution is 0.112. The highest BCUT2D eigenvalue weighted by molar-refractivity contribution is 5.80. The summed E-state index contributed by atoms with van der Waals surface area (Å²) >= 11 is 0. The topological polar surface area (TPSA) is 70.2 Å². The first kappa shape index (κ1) is 7.53. The van der Waals surface area contributed by atoms with Gasteiger partial charge in [-0.3, -0.25) is 9.59 Å². The van der Waals surface area contributed by atoms with Crippen molar-refractivity contribution in [3.63, 3.8) is 0 Å². The molecule has 1 aromatic heterocycles. The standard InChI is InChI=1S/C7H7NO3/c1-4-5(3-9)6(10)2-7(11)8-4/h2-3H,1H3,(H2,8,10,11). The number of aldehydes is 1. The molecule has 0 aromatic carbocycles. The molecule has 0 bridgehead atoms. The highest BCUT2D eigenvalue weighted by Crippen LogP contribution is 2.12. The zero-order chi connectivity index (χ0) is 8.43. The first-order chi connectivity index (χ1) is 5.15. The molecule has 0 fully saturated rings. The number of aromatic hydroxyl groups is 1. The average Bonchev–Trinajstić information content (AvgIpc) is 1.85. The van der Waals surface area contributed by atoms with E-state index in [4.69, 9.17) is 5.11 Å². The molecule has 4 nitrogen and oxygen atoms in total. The largest absolute Gasteiger partial charge is 0.507 e. The van der Waals surface area contributed by atoms with Crippen LogP contribution in [-0.2, 0) is 0 Å². The first-order valence-corrected chi connectivity index (χ1v) is 3.03. The van der Waals surface area contributed by atoms with Gasteiger partial charge >= 0.3 is 0 Å². The molecule has 0 saturated heterocycles. The summed E-state index contributed by atoms with van der Waals surface area (Å²) in [6.45, 7) is 1.55. The van der Waals surface area contributed by atoms with E-state index in [2.05, 4.69) is 4.98 Å². The lowest BCUT2D eigenvalue weighted by Crippen LogP contribution is -2.07. The number of H-pyrrole nitrogens is 1. The van der Waals surface area contributed by atoms with Crippen molar-refractivity contribution in [3.05, 3.63) is 27.7 Å². The van der Waals surface area contributed by atoms with Gasteiger partial charge in [0, 0.05) is 11.8 Å². The van der Waals surface area contributed by atoms with E-state index in [-0.39, 0.29) is 11.3 Å². The number of pyridine rings is 1. The molecule has 0 spiro atoms. The number of hydrogen-bond donors (Lipinski definition) is 2. The summed E-state index contributed by atoms with van der Waals surface area (Å²) in [7, 11) is 0. The molecule has 0 unspecified atom stereocenters. The van der Waals surface area contributed by atoms with Crippen LogP contribution in [0.25, 0.3) is 0 Å². The van der Waals surface area contributed by atoms with E-state index in [0.717, 1.165) is 6.07 Å². The average molecular weight is 153 g/mol. The third kappa shape index (κ3) is 1.29. The number of carbonyl (C=O) groups is 1. The Morgan fingerprint density at radius 1 is 1.64 bits per heavy atom. The molecule has 4 heteroatoms. The summed E-state index contributed by atoms with van der Waals surface area (Å²) in [5, 5.41) is 9.02. The number of nitrogens with one attached hydrogen (secondary N) is 1. The Bertz CT molecular complexity index is 314. The maximum atomic E-state index is 10.6. The van der Waals surface area contributed by atoms with Crippen LogP contribution in [0.5, 0.6) is 5.75 Å². The minimum atomic E-state index is -0.411. The monoisotopic (exact) mass is 153 g/mol. The van der Waals surface area contributed by atoms with E-state index in [1.807, 2.05) is 0 Å². The van der Waals surface area contributed by atoms with Gasteiger partial charge in [0.2, 0.25) is 0 Å². The normalized spacial score (nSPS) is 9.55. The number of hydrogen-bond acceptors (Lipinski definition) is 3. The van der Waals surface area contributed by atoms with Gasteiger partial charge in [-0.15, -0.1) is 0 Å². The second kappa shape index (κ2) is 2.57. The van der Waals surface area contributed by atoms with Gasteiger partial charge < -0.3 is 10.1 Å². The Kier molecular flexibility index (Phi) is 1.76. The number of rotatable bonds is 1. The number of aromatic amines is 1. The van der Waals surface area contributed by atoms with Crippen LogP contribution in [-0.4, -0.2) is 16.4 Å². The molecule has 58 valence electrons. The van der Waals surface area contributed by atoms with Crippen molar-refractivity contribution in [1.29, 1.82) is 0 Å². The van der Waals surface area contributed by atoms with Crippen molar-refractivity contribution < 1.29 is 9.90 Å². The third-order valence-electron chi connectivity index (χ3n) is 1.38. The predicted molar refractivity (Wildman–Crippen MR) is 38.9 cm³/mol. The summed E-state index contributed by atoms with van der Waals surface area (Å²) in [5.41, 5.74) is 0.0974. The zero-order valence-electron chi connectivity index (χ0n) is 5.92. The van der Waals surface area contributed by atoms with E-state index < -0.39 is 5.56 Å². The maximum absolute atomic E-state index is 10.6. The highest BCUT2D eigenvalue weighted by Gasteiger charge is 2.03. The van der Waals surface area contributed by atoms with Crippen LogP contribution < -0.4 is 5.56 Å². The minimum absolute atomic E-state index is 0.129. The van der Waals surface area contributed by atoms with Gasteiger partial charge in [-0.1, -0.05) is 0 Å². The molecule has 2 N–H and O–H groups in total. The maximum Gasteiger partial charge on any atom is 0.251 e. The van der Waals surface area contributed by atoms with Crippen molar-refractivity contribution in [1.82, 2.24) is 4.98 Å². The molecule has 1 heterocycles. The van der Waals surface area contributed by atoms with Crippen LogP contribution in [0.4, 0.5) is 0 Å². The summed E-state index contributed by atoms with van der Waals surface area (Å²) in [6, 6.07) is 0.969. The zero-order valence-corrected chi connectivity index (χ0v) is 5.92. The second-order valence-corrected chi connectivity index (χ2v) is 2.18. The van der Waals surface area contributed by atoms with Crippen LogP contribution >= 0.6 is 0 Å². The van der Waals surface area contributed by atoms with E-state index in [1.54, 1.807) is 6.92 Å². The number of aryl methyl sites for hydroxylation is 1.